The number of hydrogen-bond acceptors (Lipinski definition) is 2. The van der Waals surface area contributed by atoms with Crippen LogP contribution < -0.4 is 11.1 Å². The van der Waals surface area contributed by atoms with E-state index in [0.717, 1.165) is 17.7 Å². The number of hydrogen-bond donors (Lipinski definition) is 2. The van der Waals surface area contributed by atoms with E-state index in [1.807, 2.05) is 6.92 Å². The molecule has 1 amide bonds. The van der Waals surface area contributed by atoms with E-state index < -0.39 is 17.5 Å². The van der Waals surface area contributed by atoms with Gasteiger partial charge in [0, 0.05) is 17.4 Å². The first-order chi connectivity index (χ1) is 9.40. The fraction of sp³-hybridized carbons (Fsp3) is 0.133. The summed E-state index contributed by atoms with van der Waals surface area (Å²) in [5, 5.41) is 2.61. The van der Waals surface area contributed by atoms with Gasteiger partial charge in [-0.15, -0.1) is 0 Å². The first-order valence-corrected chi connectivity index (χ1v) is 6.02. The fourth-order valence-corrected chi connectivity index (χ4v) is 1.91. The van der Waals surface area contributed by atoms with Gasteiger partial charge < -0.3 is 11.1 Å². The van der Waals surface area contributed by atoms with E-state index in [2.05, 4.69) is 5.32 Å². The summed E-state index contributed by atoms with van der Waals surface area (Å²) in [6, 6.07) is 6.32. The van der Waals surface area contributed by atoms with Crippen molar-refractivity contribution in [3.63, 3.8) is 0 Å². The summed E-state index contributed by atoms with van der Waals surface area (Å²) < 4.78 is 26.4. The highest BCUT2D eigenvalue weighted by molar-refractivity contribution is 6.05. The molecule has 5 heteroatoms. The van der Waals surface area contributed by atoms with E-state index in [0.29, 0.717) is 23.0 Å². The number of aryl methyl sites for hydroxylation is 1. The van der Waals surface area contributed by atoms with E-state index in [1.54, 1.807) is 19.1 Å². The van der Waals surface area contributed by atoms with Crippen LogP contribution in [-0.2, 0) is 0 Å². The highest BCUT2D eigenvalue weighted by atomic mass is 19.1. The Bertz CT molecular complexity index is 684. The maximum Gasteiger partial charge on any atom is 0.258 e. The Labute approximate surface area is 115 Å². The van der Waals surface area contributed by atoms with Crippen LogP contribution >= 0.6 is 0 Å². The quantitative estimate of drug-likeness (QED) is 0.826. The van der Waals surface area contributed by atoms with Crippen LogP contribution in [0.5, 0.6) is 0 Å². The third-order valence-electron chi connectivity index (χ3n) is 3.13. The van der Waals surface area contributed by atoms with Gasteiger partial charge in [-0.1, -0.05) is 6.07 Å². The van der Waals surface area contributed by atoms with Crippen molar-refractivity contribution in [3.05, 3.63) is 58.7 Å². The van der Waals surface area contributed by atoms with Crippen LogP contribution in [0.25, 0.3) is 0 Å². The van der Waals surface area contributed by atoms with Crippen molar-refractivity contribution < 1.29 is 13.6 Å². The Morgan fingerprint density at radius 3 is 2.50 bits per heavy atom. The minimum absolute atomic E-state index is 0.215. The van der Waals surface area contributed by atoms with Crippen molar-refractivity contribution in [2.45, 2.75) is 13.8 Å². The fourth-order valence-electron chi connectivity index (χ4n) is 1.91. The number of benzene rings is 2. The average molecular weight is 276 g/mol. The van der Waals surface area contributed by atoms with Crippen LogP contribution in [0.4, 0.5) is 20.2 Å². The molecule has 0 heterocycles. The monoisotopic (exact) mass is 276 g/mol. The molecule has 0 fully saturated rings. The van der Waals surface area contributed by atoms with Crippen molar-refractivity contribution >= 4 is 17.3 Å². The van der Waals surface area contributed by atoms with E-state index in [1.165, 1.54) is 0 Å². The average Bonchev–Trinajstić information content (AvgIpc) is 2.39. The summed E-state index contributed by atoms with van der Waals surface area (Å²) in [5.74, 6) is -2.27. The maximum atomic E-state index is 13.6. The van der Waals surface area contributed by atoms with Gasteiger partial charge in [-0.2, -0.15) is 0 Å². The first kappa shape index (κ1) is 14.0. The smallest absolute Gasteiger partial charge is 0.258 e. The molecule has 0 saturated carbocycles. The van der Waals surface area contributed by atoms with Crippen LogP contribution in [0.2, 0.25) is 0 Å². The number of nitrogens with two attached hydrogens (primary N) is 1. The summed E-state index contributed by atoms with van der Waals surface area (Å²) in [6.07, 6.45) is 0. The summed E-state index contributed by atoms with van der Waals surface area (Å²) in [4.78, 5) is 12.0. The van der Waals surface area contributed by atoms with Crippen LogP contribution in [0.3, 0.4) is 0 Å². The van der Waals surface area contributed by atoms with Crippen molar-refractivity contribution in [3.8, 4) is 0 Å². The zero-order chi connectivity index (χ0) is 14.9. The molecule has 2 aromatic rings. The Kier molecular flexibility index (Phi) is 3.70. The van der Waals surface area contributed by atoms with Crippen LogP contribution in [0.1, 0.15) is 21.5 Å². The van der Waals surface area contributed by atoms with Crippen molar-refractivity contribution in [2.24, 2.45) is 0 Å². The SMILES string of the molecule is Cc1ccc(N)c(C)c1NC(=O)c1ccc(F)cc1F. The van der Waals surface area contributed by atoms with Crippen molar-refractivity contribution in [1.29, 1.82) is 0 Å². The maximum absolute atomic E-state index is 13.6. The van der Waals surface area contributed by atoms with Gasteiger partial charge in [0.15, 0.2) is 0 Å². The molecule has 0 bridgehead atoms. The van der Waals surface area contributed by atoms with Gasteiger partial charge in [-0.3, -0.25) is 4.79 Å². The molecule has 104 valence electrons. The van der Waals surface area contributed by atoms with Gasteiger partial charge in [-0.25, -0.2) is 8.78 Å². The Balaban J connectivity index is 2.35. The van der Waals surface area contributed by atoms with Gasteiger partial charge in [0.2, 0.25) is 0 Å². The predicted molar refractivity (Wildman–Crippen MR) is 74.6 cm³/mol. The first-order valence-electron chi connectivity index (χ1n) is 6.02. The predicted octanol–water partition coefficient (Wildman–Crippen LogP) is 3.42. The van der Waals surface area contributed by atoms with E-state index in [-0.39, 0.29) is 5.56 Å². The number of rotatable bonds is 2. The van der Waals surface area contributed by atoms with Gasteiger partial charge in [0.1, 0.15) is 11.6 Å². The third-order valence-corrected chi connectivity index (χ3v) is 3.13. The van der Waals surface area contributed by atoms with Crippen LogP contribution in [-0.4, -0.2) is 5.91 Å². The number of carbonyl (C=O) groups excluding carboxylic acids is 1. The molecule has 0 saturated heterocycles. The largest absolute Gasteiger partial charge is 0.398 e. The Morgan fingerprint density at radius 2 is 1.85 bits per heavy atom. The lowest BCUT2D eigenvalue weighted by molar-refractivity contribution is 0.102. The second-order valence-electron chi connectivity index (χ2n) is 4.55. The lowest BCUT2D eigenvalue weighted by Gasteiger charge is -2.13. The van der Waals surface area contributed by atoms with E-state index >= 15 is 0 Å². The summed E-state index contributed by atoms with van der Waals surface area (Å²) in [6.45, 7) is 3.57. The number of nitrogens with one attached hydrogen (secondary N) is 1. The summed E-state index contributed by atoms with van der Waals surface area (Å²) >= 11 is 0. The van der Waals surface area contributed by atoms with Crippen molar-refractivity contribution in [1.82, 2.24) is 0 Å². The second kappa shape index (κ2) is 5.28. The molecule has 2 aromatic carbocycles. The Hall–Kier alpha value is -2.43. The molecule has 0 aliphatic carbocycles. The molecular weight excluding hydrogens is 262 g/mol. The summed E-state index contributed by atoms with van der Waals surface area (Å²) in [5.41, 5.74) is 8.16. The highest BCUT2D eigenvalue weighted by Crippen LogP contribution is 2.26. The minimum Gasteiger partial charge on any atom is -0.398 e. The molecule has 0 spiro atoms. The molecule has 0 unspecified atom stereocenters. The van der Waals surface area contributed by atoms with Crippen LogP contribution in [0.15, 0.2) is 30.3 Å². The highest BCUT2D eigenvalue weighted by Gasteiger charge is 2.15. The van der Waals surface area contributed by atoms with Gasteiger partial charge in [-0.05, 0) is 43.2 Å². The molecular formula is C15H14F2N2O. The normalized spacial score (nSPS) is 10.4. The third kappa shape index (κ3) is 2.61. The molecule has 0 aliphatic rings. The van der Waals surface area contributed by atoms with Crippen molar-refractivity contribution in [2.75, 3.05) is 11.1 Å². The second-order valence-corrected chi connectivity index (χ2v) is 4.55. The van der Waals surface area contributed by atoms with E-state index in [4.69, 9.17) is 5.73 Å². The molecule has 0 radical (unpaired) electrons. The molecule has 0 atom stereocenters. The molecule has 3 nitrogen and oxygen atoms in total. The number of carbonyl (C=O) groups is 1. The molecule has 20 heavy (non-hydrogen) atoms. The number of anilines is 2. The minimum atomic E-state index is -0.901. The molecule has 0 aliphatic heterocycles. The van der Waals surface area contributed by atoms with Crippen LogP contribution in [0, 0.1) is 25.5 Å². The number of nitrogen functional groups attached to an aromatic ring is 1. The van der Waals surface area contributed by atoms with Gasteiger partial charge >= 0.3 is 0 Å². The molecule has 3 N–H and O–H groups in total. The number of amides is 1. The van der Waals surface area contributed by atoms with Gasteiger partial charge in [0.25, 0.3) is 5.91 Å². The lowest BCUT2D eigenvalue weighted by Crippen LogP contribution is -2.16. The van der Waals surface area contributed by atoms with E-state index in [9.17, 15) is 13.6 Å². The standard InChI is InChI=1S/C15H14F2N2O/c1-8-3-6-13(18)9(2)14(8)19-15(20)11-5-4-10(16)7-12(11)17/h3-7H,18H2,1-2H3,(H,19,20). The summed E-state index contributed by atoms with van der Waals surface area (Å²) in [7, 11) is 0. The molecule has 2 rings (SSSR count). The molecule has 0 aromatic heterocycles. The lowest BCUT2D eigenvalue weighted by atomic mass is 10.1. The zero-order valence-electron chi connectivity index (χ0n) is 11.1. The number of halogens is 2. The van der Waals surface area contributed by atoms with Gasteiger partial charge in [0.05, 0.1) is 5.56 Å². The zero-order valence-corrected chi connectivity index (χ0v) is 11.1. The topological polar surface area (TPSA) is 55.1 Å². The Morgan fingerprint density at radius 1 is 1.15 bits per heavy atom.